The fraction of sp³-hybridized carbons (Fsp3) is 0.667. The number of carbonyl (C=O) groups excluding carboxylic acids is 1. The van der Waals surface area contributed by atoms with Crippen LogP contribution in [-0.2, 0) is 9.47 Å². The van der Waals surface area contributed by atoms with Gasteiger partial charge in [0.1, 0.15) is 0 Å². The lowest BCUT2D eigenvalue weighted by molar-refractivity contribution is 0.159. The summed E-state index contributed by atoms with van der Waals surface area (Å²) in [6.45, 7) is 1.16. The minimum atomic E-state index is -0.410. The van der Waals surface area contributed by atoms with Crippen LogP contribution < -0.4 is 5.32 Å². The van der Waals surface area contributed by atoms with Crippen molar-refractivity contribution in [1.82, 2.24) is 5.32 Å². The highest BCUT2D eigenvalue weighted by Gasteiger charge is 2.17. The smallest absolute Gasteiger partial charge is 0.407 e. The topological polar surface area (TPSA) is 47.6 Å². The average Bonchev–Trinajstić information content (AvgIpc) is 2.40. The lowest BCUT2D eigenvalue weighted by Gasteiger charge is -2.07. The molecule has 0 aliphatic carbocycles. The lowest BCUT2D eigenvalue weighted by Crippen LogP contribution is -2.35. The van der Waals surface area contributed by atoms with Gasteiger partial charge in [0.15, 0.2) is 0 Å². The summed E-state index contributed by atoms with van der Waals surface area (Å²) >= 11 is 0. The normalized spacial score (nSPS) is 24.3. The van der Waals surface area contributed by atoms with E-state index in [1.54, 1.807) is 0 Å². The first-order valence-corrected chi connectivity index (χ1v) is 3.08. The second-order valence-electron chi connectivity index (χ2n) is 2.02. The summed E-state index contributed by atoms with van der Waals surface area (Å²) in [5, 5.41) is 2.59. The Morgan fingerprint density at radius 3 is 3.20 bits per heavy atom. The van der Waals surface area contributed by atoms with E-state index >= 15 is 0 Å². The van der Waals surface area contributed by atoms with Gasteiger partial charge < -0.3 is 14.8 Å². The highest BCUT2D eigenvalue weighted by Crippen LogP contribution is 2.01. The molecule has 0 saturated carbocycles. The monoisotopic (exact) mass is 144 g/mol. The molecular formula is C6H10NO3. The standard InChI is InChI=1S/C6H10NO3/c1-9-6(8)7-5-2-3-10-4-5/h2,5H,3-4H2,1H3,(H,7,8). The van der Waals surface area contributed by atoms with Gasteiger partial charge in [-0.25, -0.2) is 4.79 Å². The predicted octanol–water partition coefficient (Wildman–Crippen LogP) is -0.0545. The summed E-state index contributed by atoms with van der Waals surface area (Å²) in [7, 11) is 1.34. The van der Waals surface area contributed by atoms with Crippen LogP contribution in [0, 0.1) is 6.42 Å². The molecule has 1 saturated heterocycles. The third-order valence-electron chi connectivity index (χ3n) is 1.28. The molecule has 1 fully saturated rings. The Bertz CT molecular complexity index is 120. The molecule has 1 amide bonds. The first-order valence-electron chi connectivity index (χ1n) is 3.08. The molecule has 1 rings (SSSR count). The lowest BCUT2D eigenvalue weighted by atomic mass is 10.3. The van der Waals surface area contributed by atoms with Gasteiger partial charge in [-0.2, -0.15) is 0 Å². The summed E-state index contributed by atoms with van der Waals surface area (Å²) < 4.78 is 9.36. The van der Waals surface area contributed by atoms with E-state index in [9.17, 15) is 4.79 Å². The molecule has 1 radical (unpaired) electrons. The summed E-state index contributed by atoms with van der Waals surface area (Å²) in [4.78, 5) is 10.6. The molecule has 1 heterocycles. The van der Waals surface area contributed by atoms with E-state index in [0.29, 0.717) is 13.2 Å². The second kappa shape index (κ2) is 3.41. The van der Waals surface area contributed by atoms with E-state index in [1.807, 2.05) is 6.42 Å². The van der Waals surface area contributed by atoms with Gasteiger partial charge in [0.25, 0.3) is 0 Å². The maximum absolute atomic E-state index is 10.6. The summed E-state index contributed by atoms with van der Waals surface area (Å²) in [6, 6.07) is 0.0208. The van der Waals surface area contributed by atoms with Gasteiger partial charge in [0, 0.05) is 6.42 Å². The SMILES string of the molecule is COC(=O)NC1[CH]COC1. The van der Waals surface area contributed by atoms with Crippen molar-refractivity contribution in [3.63, 3.8) is 0 Å². The van der Waals surface area contributed by atoms with Gasteiger partial charge in [-0.1, -0.05) is 0 Å². The van der Waals surface area contributed by atoms with Crippen LogP contribution in [0.1, 0.15) is 0 Å². The zero-order valence-electron chi connectivity index (χ0n) is 5.79. The first-order chi connectivity index (χ1) is 4.83. The molecule has 0 aromatic heterocycles. The quantitative estimate of drug-likeness (QED) is 0.561. The molecule has 4 heteroatoms. The van der Waals surface area contributed by atoms with Crippen molar-refractivity contribution in [3.05, 3.63) is 6.42 Å². The van der Waals surface area contributed by atoms with Gasteiger partial charge in [-0.15, -0.1) is 0 Å². The molecule has 4 nitrogen and oxygen atoms in total. The van der Waals surface area contributed by atoms with Crippen molar-refractivity contribution in [2.45, 2.75) is 6.04 Å². The first kappa shape index (κ1) is 7.34. The Hall–Kier alpha value is -0.770. The van der Waals surface area contributed by atoms with Gasteiger partial charge >= 0.3 is 6.09 Å². The Morgan fingerprint density at radius 1 is 1.90 bits per heavy atom. The number of ether oxygens (including phenoxy) is 2. The number of alkyl carbamates (subject to hydrolysis) is 1. The molecular weight excluding hydrogens is 134 g/mol. The van der Waals surface area contributed by atoms with Crippen LogP contribution in [0.5, 0.6) is 0 Å². The van der Waals surface area contributed by atoms with Crippen LogP contribution in [0.25, 0.3) is 0 Å². The Morgan fingerprint density at radius 2 is 2.70 bits per heavy atom. The molecule has 0 aromatic rings. The van der Waals surface area contributed by atoms with Crippen molar-refractivity contribution >= 4 is 6.09 Å². The highest BCUT2D eigenvalue weighted by molar-refractivity contribution is 5.67. The minimum absolute atomic E-state index is 0.0208. The number of rotatable bonds is 1. The van der Waals surface area contributed by atoms with Crippen LogP contribution >= 0.6 is 0 Å². The third-order valence-corrected chi connectivity index (χ3v) is 1.28. The Balaban J connectivity index is 2.17. The van der Waals surface area contributed by atoms with Gasteiger partial charge in [0.05, 0.1) is 26.4 Å². The summed E-state index contributed by atoms with van der Waals surface area (Å²) in [6.07, 6.45) is 1.48. The van der Waals surface area contributed by atoms with Crippen LogP contribution in [-0.4, -0.2) is 32.5 Å². The van der Waals surface area contributed by atoms with E-state index < -0.39 is 6.09 Å². The van der Waals surface area contributed by atoms with Crippen LogP contribution in [0.15, 0.2) is 0 Å². The number of methoxy groups -OCH3 is 1. The number of nitrogens with one attached hydrogen (secondary N) is 1. The van der Waals surface area contributed by atoms with E-state index in [2.05, 4.69) is 10.1 Å². The number of amides is 1. The number of hydrogen-bond donors (Lipinski definition) is 1. The van der Waals surface area contributed by atoms with E-state index in [4.69, 9.17) is 4.74 Å². The zero-order valence-corrected chi connectivity index (χ0v) is 5.79. The maximum Gasteiger partial charge on any atom is 0.407 e. The van der Waals surface area contributed by atoms with Gasteiger partial charge in [0.2, 0.25) is 0 Å². The molecule has 1 unspecified atom stereocenters. The molecule has 0 spiro atoms. The van der Waals surface area contributed by atoms with Crippen LogP contribution in [0.2, 0.25) is 0 Å². The highest BCUT2D eigenvalue weighted by atomic mass is 16.5. The third kappa shape index (κ3) is 1.88. The van der Waals surface area contributed by atoms with Crippen LogP contribution in [0.4, 0.5) is 4.79 Å². The average molecular weight is 144 g/mol. The van der Waals surface area contributed by atoms with E-state index in [-0.39, 0.29) is 6.04 Å². The van der Waals surface area contributed by atoms with Gasteiger partial charge in [-0.05, 0) is 0 Å². The number of hydrogen-bond acceptors (Lipinski definition) is 3. The summed E-state index contributed by atoms with van der Waals surface area (Å²) in [5.74, 6) is 0. The maximum atomic E-state index is 10.6. The molecule has 1 N–H and O–H groups in total. The van der Waals surface area contributed by atoms with Crippen molar-refractivity contribution in [2.75, 3.05) is 20.3 Å². The zero-order chi connectivity index (χ0) is 7.40. The molecule has 0 bridgehead atoms. The molecule has 1 aliphatic heterocycles. The molecule has 57 valence electrons. The molecule has 1 atom stereocenters. The molecule has 1 aliphatic rings. The van der Waals surface area contributed by atoms with E-state index in [1.165, 1.54) is 7.11 Å². The minimum Gasteiger partial charge on any atom is -0.453 e. The Labute approximate surface area is 59.5 Å². The second-order valence-corrected chi connectivity index (χ2v) is 2.02. The van der Waals surface area contributed by atoms with E-state index in [0.717, 1.165) is 0 Å². The van der Waals surface area contributed by atoms with Crippen molar-refractivity contribution in [2.24, 2.45) is 0 Å². The van der Waals surface area contributed by atoms with Crippen molar-refractivity contribution < 1.29 is 14.3 Å². The molecule has 10 heavy (non-hydrogen) atoms. The predicted molar refractivity (Wildman–Crippen MR) is 34.4 cm³/mol. The van der Waals surface area contributed by atoms with Crippen LogP contribution in [0.3, 0.4) is 0 Å². The fourth-order valence-corrected chi connectivity index (χ4v) is 0.758. The van der Waals surface area contributed by atoms with Gasteiger partial charge in [-0.3, -0.25) is 0 Å². The fourth-order valence-electron chi connectivity index (χ4n) is 0.758. The largest absolute Gasteiger partial charge is 0.453 e. The van der Waals surface area contributed by atoms with Crippen molar-refractivity contribution in [3.8, 4) is 0 Å². The molecule has 0 aromatic carbocycles. The number of carbonyl (C=O) groups is 1. The Kier molecular flexibility index (Phi) is 2.50. The van der Waals surface area contributed by atoms with Crippen molar-refractivity contribution in [1.29, 1.82) is 0 Å². The summed E-state index contributed by atoms with van der Waals surface area (Å²) in [5.41, 5.74) is 0.